The molecule has 0 aliphatic rings. The van der Waals surface area contributed by atoms with Crippen LogP contribution >= 0.6 is 19.3 Å². The van der Waals surface area contributed by atoms with Gasteiger partial charge in [0.15, 0.2) is 10.9 Å². The standard InChI is InChI=1S/C48H58N3O4PS/c1-47(2,3)44(50-46(57)51-45(48(4,5)6)43(52)32-42(34-16-12-10-13-17-34)35-18-14-11-15-19-35)33-49-56(39-26-20-36(53-7)21-27-39,40-28-22-37(54-8)23-29-40)41-30-24-38(55-9)25-31-41/h10-31,42,44-45H,32-33H2,1-9H3,(H2,50,51,57)/t44-,45-/m1/s1. The van der Waals surface area contributed by atoms with E-state index in [4.69, 9.17) is 31.2 Å². The smallest absolute Gasteiger partial charge is 0.167 e. The molecule has 0 aliphatic carbocycles. The molecule has 9 heteroatoms. The summed E-state index contributed by atoms with van der Waals surface area (Å²) in [5, 5.41) is 10.8. The highest BCUT2D eigenvalue weighted by Crippen LogP contribution is 2.48. The molecule has 2 atom stereocenters. The summed E-state index contributed by atoms with van der Waals surface area (Å²) in [6.07, 6.45) is 0.336. The summed E-state index contributed by atoms with van der Waals surface area (Å²) < 4.78 is 22.5. The Morgan fingerprint density at radius 3 is 1.32 bits per heavy atom. The van der Waals surface area contributed by atoms with E-state index in [2.05, 4.69) is 113 Å². The van der Waals surface area contributed by atoms with Crippen LogP contribution in [-0.4, -0.2) is 50.9 Å². The number of carbonyl (C=O) groups excluding carboxylic acids is 1. The van der Waals surface area contributed by atoms with Crippen LogP contribution in [0, 0.1) is 10.8 Å². The SMILES string of the molecule is COc1ccc(P(=NC[C@@H](NC(=S)N[C@H](C(=O)CC(c2ccccc2)c2ccccc2)C(C)(C)C)C(C)(C)C)(c2ccc(OC)cc2)c2ccc(OC)cc2)cc1. The second-order valence-corrected chi connectivity index (χ2v) is 19.9. The molecule has 0 spiro atoms. The third-order valence-electron chi connectivity index (χ3n) is 10.4. The number of hydrogen-bond donors (Lipinski definition) is 2. The van der Waals surface area contributed by atoms with Gasteiger partial charge in [-0.15, -0.1) is 0 Å². The van der Waals surface area contributed by atoms with Crippen LogP contribution < -0.4 is 40.8 Å². The van der Waals surface area contributed by atoms with Crippen molar-refractivity contribution in [2.45, 2.75) is 66.0 Å². The first kappa shape index (κ1) is 43.2. The molecule has 0 heterocycles. The fourth-order valence-corrected chi connectivity index (χ4v) is 10.8. The summed E-state index contributed by atoms with van der Waals surface area (Å²) in [5.74, 6) is 2.33. The number of benzene rings is 5. The Labute approximate surface area is 345 Å². The van der Waals surface area contributed by atoms with Crippen LogP contribution in [0.1, 0.15) is 65.0 Å². The topological polar surface area (TPSA) is 81.2 Å². The minimum Gasteiger partial charge on any atom is -0.497 e. The lowest BCUT2D eigenvalue weighted by atomic mass is 9.79. The first-order valence-electron chi connectivity index (χ1n) is 19.4. The van der Waals surface area contributed by atoms with E-state index in [-0.39, 0.29) is 23.2 Å². The maximum absolute atomic E-state index is 14.4. The molecule has 0 fully saturated rings. The Morgan fingerprint density at radius 1 is 0.596 bits per heavy atom. The van der Waals surface area contributed by atoms with Crippen molar-refractivity contribution >= 4 is 46.1 Å². The van der Waals surface area contributed by atoms with E-state index < -0.39 is 18.5 Å². The van der Waals surface area contributed by atoms with E-state index in [1.165, 1.54) is 0 Å². The highest BCUT2D eigenvalue weighted by molar-refractivity contribution is 7.87. The normalized spacial score (nSPS) is 12.9. The maximum Gasteiger partial charge on any atom is 0.167 e. The molecule has 5 aromatic carbocycles. The largest absolute Gasteiger partial charge is 0.497 e. The Hall–Kier alpha value is -4.91. The number of methoxy groups -OCH3 is 3. The van der Waals surface area contributed by atoms with Gasteiger partial charge >= 0.3 is 0 Å². The van der Waals surface area contributed by atoms with Crippen LogP contribution in [0.25, 0.3) is 0 Å². The van der Waals surface area contributed by atoms with Gasteiger partial charge in [-0.3, -0.25) is 9.54 Å². The van der Waals surface area contributed by atoms with E-state index in [0.717, 1.165) is 44.3 Å². The number of Topliss-reactive ketones (excluding diaryl/α,β-unsaturated/α-hetero) is 1. The summed E-state index contributed by atoms with van der Waals surface area (Å²) in [5.41, 5.74) is 1.53. The van der Waals surface area contributed by atoms with Crippen LogP contribution in [0.2, 0.25) is 0 Å². The molecule has 0 saturated heterocycles. The summed E-state index contributed by atoms with van der Waals surface area (Å²) in [4.78, 5) is 14.4. The number of thiocarbonyl (C=S) groups is 1. The molecular formula is C48H58N3O4PS. The number of ketones is 1. The van der Waals surface area contributed by atoms with Gasteiger partial charge in [-0.25, -0.2) is 0 Å². The average molecular weight is 804 g/mol. The summed E-state index contributed by atoms with van der Waals surface area (Å²) in [6.45, 7) is 13.2. The molecule has 300 valence electrons. The van der Waals surface area contributed by atoms with Crippen molar-refractivity contribution in [2.24, 2.45) is 15.6 Å². The quantitative estimate of drug-likeness (QED) is 0.0807. The van der Waals surface area contributed by atoms with Crippen LogP contribution in [0.4, 0.5) is 0 Å². The number of ether oxygens (including phenoxy) is 3. The fourth-order valence-electron chi connectivity index (χ4n) is 7.06. The molecule has 0 bridgehead atoms. The zero-order chi connectivity index (χ0) is 41.2. The lowest BCUT2D eigenvalue weighted by molar-refractivity contribution is -0.123. The van der Waals surface area contributed by atoms with Gasteiger partial charge in [-0.2, -0.15) is 0 Å². The molecule has 0 amide bonds. The summed E-state index contributed by atoms with van der Waals surface area (Å²) >= 11 is 6.09. The van der Waals surface area contributed by atoms with Crippen molar-refractivity contribution in [2.75, 3.05) is 27.9 Å². The molecule has 7 nitrogen and oxygen atoms in total. The zero-order valence-corrected chi connectivity index (χ0v) is 36.5. The van der Waals surface area contributed by atoms with E-state index in [9.17, 15) is 4.79 Å². The van der Waals surface area contributed by atoms with E-state index in [0.29, 0.717) is 18.1 Å². The molecule has 2 N–H and O–H groups in total. The van der Waals surface area contributed by atoms with Crippen LogP contribution in [0.15, 0.2) is 138 Å². The van der Waals surface area contributed by atoms with Crippen LogP contribution in [0.3, 0.4) is 0 Å². The second-order valence-electron chi connectivity index (χ2n) is 16.4. The van der Waals surface area contributed by atoms with Crippen molar-refractivity contribution in [1.82, 2.24) is 10.6 Å². The number of nitrogens with one attached hydrogen (secondary N) is 2. The van der Waals surface area contributed by atoms with Crippen LogP contribution in [0.5, 0.6) is 17.2 Å². The van der Waals surface area contributed by atoms with Crippen molar-refractivity contribution in [3.8, 4) is 17.2 Å². The fraction of sp³-hybridized carbons (Fsp3) is 0.333. The summed E-state index contributed by atoms with van der Waals surface area (Å²) in [7, 11) is 2.37. The van der Waals surface area contributed by atoms with Gasteiger partial charge in [0.25, 0.3) is 0 Å². The third-order valence-corrected chi connectivity index (χ3v) is 14.4. The number of nitrogens with zero attached hydrogens (tertiary/aromatic N) is 1. The van der Waals surface area contributed by atoms with Gasteiger partial charge in [-0.05, 0) is 107 Å². The Kier molecular flexibility index (Phi) is 14.4. The maximum atomic E-state index is 14.4. The van der Waals surface area contributed by atoms with Gasteiger partial charge < -0.3 is 24.8 Å². The van der Waals surface area contributed by atoms with Crippen molar-refractivity contribution in [3.63, 3.8) is 0 Å². The van der Waals surface area contributed by atoms with Crippen molar-refractivity contribution < 1.29 is 19.0 Å². The number of hydrogen-bond acceptors (Lipinski definition) is 6. The lowest BCUT2D eigenvalue weighted by Crippen LogP contribution is -2.56. The summed E-state index contributed by atoms with van der Waals surface area (Å²) in [6, 6.07) is 44.5. The molecule has 0 aromatic heterocycles. The molecule has 5 rings (SSSR count). The van der Waals surface area contributed by atoms with Gasteiger partial charge in [0.1, 0.15) is 17.2 Å². The Morgan fingerprint density at radius 2 is 0.982 bits per heavy atom. The van der Waals surface area contributed by atoms with Crippen molar-refractivity contribution in [1.29, 1.82) is 0 Å². The molecule has 0 unspecified atom stereocenters. The van der Waals surface area contributed by atoms with Crippen LogP contribution in [-0.2, 0) is 4.79 Å². The number of rotatable bonds is 15. The predicted molar refractivity (Wildman–Crippen MR) is 242 cm³/mol. The molecule has 0 radical (unpaired) electrons. The second kappa shape index (κ2) is 19.0. The van der Waals surface area contributed by atoms with E-state index in [1.807, 2.05) is 72.8 Å². The predicted octanol–water partition coefficient (Wildman–Crippen LogP) is 9.27. The molecule has 0 saturated carbocycles. The zero-order valence-electron chi connectivity index (χ0n) is 34.8. The first-order valence-corrected chi connectivity index (χ1v) is 21.6. The van der Waals surface area contributed by atoms with Gasteiger partial charge in [-0.1, -0.05) is 102 Å². The monoisotopic (exact) mass is 803 g/mol. The lowest BCUT2D eigenvalue weighted by Gasteiger charge is -2.36. The minimum atomic E-state index is -2.65. The first-order chi connectivity index (χ1) is 27.2. The molecule has 5 aromatic rings. The van der Waals surface area contributed by atoms with E-state index >= 15 is 0 Å². The minimum absolute atomic E-state index is 0.0832. The van der Waals surface area contributed by atoms with Gasteiger partial charge in [0, 0.05) is 28.3 Å². The number of carbonyl (C=O) groups is 1. The average Bonchev–Trinajstić information content (AvgIpc) is 3.22. The third kappa shape index (κ3) is 10.7. The Balaban J connectivity index is 1.52. The van der Waals surface area contributed by atoms with E-state index in [1.54, 1.807) is 21.3 Å². The van der Waals surface area contributed by atoms with Crippen molar-refractivity contribution in [3.05, 3.63) is 145 Å². The Bertz CT molecular complexity index is 1950. The highest BCUT2D eigenvalue weighted by Gasteiger charge is 2.36. The molecule has 57 heavy (non-hydrogen) atoms. The van der Waals surface area contributed by atoms with Gasteiger partial charge in [0.05, 0.1) is 47.0 Å². The molecular weight excluding hydrogens is 746 g/mol. The van der Waals surface area contributed by atoms with Gasteiger partial charge in [0.2, 0.25) is 0 Å². The molecule has 0 aliphatic heterocycles. The highest BCUT2D eigenvalue weighted by atomic mass is 32.1.